The number of hydrogen-bond acceptors (Lipinski definition) is 4. The quantitative estimate of drug-likeness (QED) is 0.749. The lowest BCUT2D eigenvalue weighted by Crippen LogP contribution is -2.06. The van der Waals surface area contributed by atoms with Crippen molar-refractivity contribution in [3.63, 3.8) is 0 Å². The highest BCUT2D eigenvalue weighted by molar-refractivity contribution is 6.31. The summed E-state index contributed by atoms with van der Waals surface area (Å²) in [6, 6.07) is 5.28. The van der Waals surface area contributed by atoms with Gasteiger partial charge in [0.2, 0.25) is 0 Å². The van der Waals surface area contributed by atoms with E-state index in [0.29, 0.717) is 10.7 Å². The van der Waals surface area contributed by atoms with E-state index in [1.807, 2.05) is 0 Å². The number of methoxy groups -OCH3 is 1. The molecule has 0 N–H and O–H groups in total. The van der Waals surface area contributed by atoms with Crippen LogP contribution in [-0.4, -0.2) is 23.0 Å². The fourth-order valence-corrected chi connectivity index (χ4v) is 1.60. The fourth-order valence-electron chi connectivity index (χ4n) is 1.44. The minimum atomic E-state index is -0.324. The molecule has 0 fully saturated rings. The summed E-state index contributed by atoms with van der Waals surface area (Å²) < 4.78 is 4.60. The molecular formula is C11H9ClN2O2. The molecule has 16 heavy (non-hydrogen) atoms. The van der Waals surface area contributed by atoms with E-state index in [2.05, 4.69) is 14.7 Å². The molecule has 0 aliphatic rings. The summed E-state index contributed by atoms with van der Waals surface area (Å²) in [6.07, 6.45) is 1.55. The van der Waals surface area contributed by atoms with Gasteiger partial charge in [-0.3, -0.25) is 4.79 Å². The minimum absolute atomic E-state index is 0.136. The molecule has 82 valence electrons. The van der Waals surface area contributed by atoms with Gasteiger partial charge in [-0.1, -0.05) is 11.6 Å². The maximum atomic E-state index is 11.2. The second kappa shape index (κ2) is 4.45. The Labute approximate surface area is 97.2 Å². The first-order valence-electron chi connectivity index (χ1n) is 4.66. The number of rotatable bonds is 2. The number of halogens is 1. The molecule has 5 heteroatoms. The third-order valence-corrected chi connectivity index (χ3v) is 2.46. The fraction of sp³-hybridized carbons (Fsp3) is 0.182. The van der Waals surface area contributed by atoms with Gasteiger partial charge in [0.15, 0.2) is 0 Å². The number of benzene rings is 1. The van der Waals surface area contributed by atoms with E-state index in [9.17, 15) is 4.79 Å². The van der Waals surface area contributed by atoms with Crippen LogP contribution in [-0.2, 0) is 16.0 Å². The third-order valence-electron chi connectivity index (χ3n) is 2.22. The molecule has 0 aliphatic carbocycles. The van der Waals surface area contributed by atoms with Gasteiger partial charge in [0.1, 0.15) is 6.33 Å². The lowest BCUT2D eigenvalue weighted by molar-refractivity contribution is -0.139. The topological polar surface area (TPSA) is 52.1 Å². The highest BCUT2D eigenvalue weighted by Crippen LogP contribution is 2.19. The molecule has 2 rings (SSSR count). The van der Waals surface area contributed by atoms with Crippen molar-refractivity contribution in [1.82, 2.24) is 9.97 Å². The maximum Gasteiger partial charge on any atom is 0.311 e. The van der Waals surface area contributed by atoms with Gasteiger partial charge in [-0.25, -0.2) is 9.97 Å². The van der Waals surface area contributed by atoms with Crippen LogP contribution in [0.15, 0.2) is 24.5 Å². The first-order chi connectivity index (χ1) is 7.70. The lowest BCUT2D eigenvalue weighted by atomic mass is 10.1. The normalized spacial score (nSPS) is 10.4. The molecule has 1 aromatic carbocycles. The Hall–Kier alpha value is -1.68. The smallest absolute Gasteiger partial charge is 0.311 e. The predicted molar refractivity (Wildman–Crippen MR) is 60.3 cm³/mol. The lowest BCUT2D eigenvalue weighted by Gasteiger charge is -2.03. The Bertz CT molecular complexity index is 542. The van der Waals surface area contributed by atoms with Crippen molar-refractivity contribution in [2.75, 3.05) is 7.11 Å². The Morgan fingerprint density at radius 1 is 1.44 bits per heavy atom. The summed E-state index contributed by atoms with van der Waals surface area (Å²) in [5.41, 5.74) is 1.37. The first kappa shape index (κ1) is 10.8. The zero-order valence-electron chi connectivity index (χ0n) is 8.61. The third kappa shape index (κ3) is 2.12. The Morgan fingerprint density at radius 3 is 3.00 bits per heavy atom. The van der Waals surface area contributed by atoms with Crippen molar-refractivity contribution in [3.05, 3.63) is 35.2 Å². The van der Waals surface area contributed by atoms with E-state index in [4.69, 9.17) is 11.6 Å². The zero-order valence-corrected chi connectivity index (χ0v) is 9.36. The molecule has 4 nitrogen and oxygen atoms in total. The number of hydrogen-bond donors (Lipinski definition) is 0. The molecule has 0 radical (unpaired) electrons. The summed E-state index contributed by atoms with van der Waals surface area (Å²) >= 11 is 5.85. The zero-order chi connectivity index (χ0) is 11.5. The second-order valence-electron chi connectivity index (χ2n) is 3.23. The van der Waals surface area contributed by atoms with E-state index >= 15 is 0 Å². The van der Waals surface area contributed by atoms with Gasteiger partial charge in [-0.05, 0) is 18.2 Å². The summed E-state index contributed by atoms with van der Waals surface area (Å²) in [6.45, 7) is 0. The van der Waals surface area contributed by atoms with Crippen LogP contribution < -0.4 is 0 Å². The Balaban J connectivity index is 2.49. The van der Waals surface area contributed by atoms with Crippen LogP contribution in [0, 0.1) is 0 Å². The molecule has 0 amide bonds. The van der Waals surface area contributed by atoms with Gasteiger partial charge in [0.05, 0.1) is 24.7 Å². The average Bonchev–Trinajstić information content (AvgIpc) is 2.28. The van der Waals surface area contributed by atoms with E-state index in [-0.39, 0.29) is 12.4 Å². The molecule has 0 aliphatic heterocycles. The van der Waals surface area contributed by atoms with Crippen LogP contribution in [0.3, 0.4) is 0 Å². The van der Waals surface area contributed by atoms with Crippen molar-refractivity contribution in [2.45, 2.75) is 6.42 Å². The van der Waals surface area contributed by atoms with Crippen molar-refractivity contribution in [1.29, 1.82) is 0 Å². The number of fused-ring (bicyclic) bond motifs is 1. The number of nitrogens with zero attached hydrogens (tertiary/aromatic N) is 2. The SMILES string of the molecule is COC(=O)Cc1ncnc2cc(Cl)ccc12. The number of ether oxygens (including phenoxy) is 1. The van der Waals surface area contributed by atoms with Gasteiger partial charge in [0.25, 0.3) is 0 Å². The van der Waals surface area contributed by atoms with Crippen LogP contribution in [0.25, 0.3) is 10.9 Å². The van der Waals surface area contributed by atoms with E-state index < -0.39 is 0 Å². The van der Waals surface area contributed by atoms with Gasteiger partial charge < -0.3 is 4.74 Å². The van der Waals surface area contributed by atoms with Crippen molar-refractivity contribution >= 4 is 28.5 Å². The molecule has 1 heterocycles. The average molecular weight is 237 g/mol. The second-order valence-corrected chi connectivity index (χ2v) is 3.67. The number of carbonyl (C=O) groups excluding carboxylic acids is 1. The van der Waals surface area contributed by atoms with E-state index in [1.54, 1.807) is 18.2 Å². The molecule has 0 atom stereocenters. The van der Waals surface area contributed by atoms with E-state index in [1.165, 1.54) is 13.4 Å². The first-order valence-corrected chi connectivity index (χ1v) is 5.04. The molecule has 2 aromatic rings. The standard InChI is InChI=1S/C11H9ClN2O2/c1-16-11(15)5-10-8-3-2-7(12)4-9(8)13-6-14-10/h2-4,6H,5H2,1H3. The Kier molecular flexibility index (Phi) is 3.01. The van der Waals surface area contributed by atoms with Gasteiger partial charge in [-0.2, -0.15) is 0 Å². The summed E-state index contributed by atoms with van der Waals surface area (Å²) in [5.74, 6) is -0.324. The predicted octanol–water partition coefficient (Wildman–Crippen LogP) is 2.00. The number of esters is 1. The van der Waals surface area contributed by atoms with Gasteiger partial charge in [-0.15, -0.1) is 0 Å². The number of carbonyl (C=O) groups is 1. The maximum absolute atomic E-state index is 11.2. The van der Waals surface area contributed by atoms with Crippen LogP contribution in [0.1, 0.15) is 5.69 Å². The minimum Gasteiger partial charge on any atom is -0.469 e. The highest BCUT2D eigenvalue weighted by atomic mass is 35.5. The summed E-state index contributed by atoms with van der Waals surface area (Å²) in [5, 5.41) is 1.42. The molecule has 0 spiro atoms. The summed E-state index contributed by atoms with van der Waals surface area (Å²) in [7, 11) is 1.35. The summed E-state index contributed by atoms with van der Waals surface area (Å²) in [4.78, 5) is 19.3. The van der Waals surface area contributed by atoms with Crippen molar-refractivity contribution in [2.24, 2.45) is 0 Å². The monoisotopic (exact) mass is 236 g/mol. The highest BCUT2D eigenvalue weighted by Gasteiger charge is 2.09. The Morgan fingerprint density at radius 2 is 2.25 bits per heavy atom. The molecule has 0 saturated carbocycles. The van der Waals surface area contributed by atoms with Crippen LogP contribution in [0.2, 0.25) is 5.02 Å². The van der Waals surface area contributed by atoms with Gasteiger partial charge in [0, 0.05) is 10.4 Å². The van der Waals surface area contributed by atoms with Crippen LogP contribution in [0.5, 0.6) is 0 Å². The van der Waals surface area contributed by atoms with Crippen LogP contribution in [0.4, 0.5) is 0 Å². The van der Waals surface area contributed by atoms with Crippen molar-refractivity contribution in [3.8, 4) is 0 Å². The molecule has 0 unspecified atom stereocenters. The van der Waals surface area contributed by atoms with E-state index in [0.717, 1.165) is 10.9 Å². The molecular weight excluding hydrogens is 228 g/mol. The largest absolute Gasteiger partial charge is 0.469 e. The van der Waals surface area contributed by atoms with Gasteiger partial charge >= 0.3 is 5.97 Å². The molecule has 1 aromatic heterocycles. The molecule has 0 saturated heterocycles. The molecule has 0 bridgehead atoms. The number of aromatic nitrogens is 2. The van der Waals surface area contributed by atoms with Crippen LogP contribution >= 0.6 is 11.6 Å². The van der Waals surface area contributed by atoms with Crippen molar-refractivity contribution < 1.29 is 9.53 Å².